The molecule has 0 unspecified atom stereocenters. The summed E-state index contributed by atoms with van der Waals surface area (Å²) in [5, 5.41) is 0. The number of thiol groups is 1. The lowest BCUT2D eigenvalue weighted by Gasteiger charge is -2.10. The van der Waals surface area contributed by atoms with Crippen LogP contribution in [0.1, 0.15) is 0 Å². The predicted molar refractivity (Wildman–Crippen MR) is 54.7 cm³/mol. The first kappa shape index (κ1) is 11.6. The van der Waals surface area contributed by atoms with E-state index in [1.807, 2.05) is 0 Å². The lowest BCUT2D eigenvalue weighted by atomic mass is 10.3. The second kappa shape index (κ2) is 4.88. The maximum Gasteiger partial charge on any atom is 0.175 e. The van der Waals surface area contributed by atoms with Crippen LogP contribution in [-0.2, 0) is 10.7 Å². The highest BCUT2D eigenvalue weighted by Crippen LogP contribution is 2.34. The van der Waals surface area contributed by atoms with Crippen molar-refractivity contribution in [3.8, 4) is 17.2 Å². The first-order valence-electron chi connectivity index (χ1n) is 4.08. The van der Waals surface area contributed by atoms with Gasteiger partial charge in [-0.15, -0.1) is 0 Å². The first-order valence-corrected chi connectivity index (χ1v) is 5.26. The Morgan fingerprint density at radius 2 is 1.40 bits per heavy atom. The molecule has 1 aromatic carbocycles. The van der Waals surface area contributed by atoms with E-state index in [2.05, 4.69) is 0 Å². The van der Waals surface area contributed by atoms with Gasteiger partial charge in [0.2, 0.25) is 0 Å². The fourth-order valence-corrected chi connectivity index (χ4v) is 1.84. The molecule has 1 aromatic rings. The molecule has 0 amide bonds. The molecule has 1 rings (SSSR count). The average molecular weight is 232 g/mol. The molecule has 0 aliphatic rings. The largest absolute Gasteiger partial charge is 0.496 e. The molecule has 6 heteroatoms. The van der Waals surface area contributed by atoms with Gasteiger partial charge in [-0.1, -0.05) is 0 Å². The molecule has 0 saturated carbocycles. The van der Waals surface area contributed by atoms with Crippen molar-refractivity contribution < 1.29 is 22.6 Å². The zero-order valence-corrected chi connectivity index (χ0v) is 9.54. The van der Waals surface area contributed by atoms with Crippen molar-refractivity contribution >= 4 is 10.7 Å². The molecular weight excluding hydrogens is 220 g/mol. The van der Waals surface area contributed by atoms with E-state index in [-0.39, 0.29) is 16.4 Å². The minimum absolute atomic E-state index is 0.0239. The quantitative estimate of drug-likeness (QED) is 0.774. The van der Waals surface area contributed by atoms with Gasteiger partial charge >= 0.3 is 0 Å². The minimum Gasteiger partial charge on any atom is -0.496 e. The number of hydrogen-bond donors (Lipinski definition) is 1. The van der Waals surface area contributed by atoms with Crippen molar-refractivity contribution in [3.63, 3.8) is 0 Å². The van der Waals surface area contributed by atoms with Gasteiger partial charge in [-0.25, -0.2) is 8.42 Å². The van der Waals surface area contributed by atoms with E-state index >= 15 is 0 Å². The van der Waals surface area contributed by atoms with Crippen molar-refractivity contribution in [2.24, 2.45) is 0 Å². The van der Waals surface area contributed by atoms with Gasteiger partial charge in [-0.05, 0) is 0 Å². The highest BCUT2D eigenvalue weighted by molar-refractivity contribution is 7.72. The van der Waals surface area contributed by atoms with Crippen molar-refractivity contribution in [1.82, 2.24) is 0 Å². The zero-order valence-electron chi connectivity index (χ0n) is 8.64. The summed E-state index contributed by atoms with van der Waals surface area (Å²) in [6.07, 6.45) is 0. The van der Waals surface area contributed by atoms with Crippen molar-refractivity contribution in [3.05, 3.63) is 12.1 Å². The lowest BCUT2D eigenvalue weighted by Crippen LogP contribution is -1.96. The molecule has 0 radical (unpaired) electrons. The van der Waals surface area contributed by atoms with Gasteiger partial charge in [0.15, 0.2) is 10.7 Å². The Morgan fingerprint density at radius 3 is 1.67 bits per heavy atom. The Morgan fingerprint density at radius 1 is 0.933 bits per heavy atom. The first-order chi connectivity index (χ1) is 7.13. The summed E-state index contributed by atoms with van der Waals surface area (Å²) in [7, 11) is 1.48. The van der Waals surface area contributed by atoms with Gasteiger partial charge in [0.05, 0.1) is 21.3 Å². The summed E-state index contributed by atoms with van der Waals surface area (Å²) in [4.78, 5) is 0.0239. The smallest absolute Gasteiger partial charge is 0.175 e. The maximum absolute atomic E-state index is 11.0. The molecule has 0 aliphatic carbocycles. The summed E-state index contributed by atoms with van der Waals surface area (Å²) in [6, 6.07) is 2.98. The SMILES string of the molecule is COc1cc(OC)c([SH](=O)=O)c(OC)c1. The van der Waals surface area contributed by atoms with E-state index < -0.39 is 10.7 Å². The zero-order chi connectivity index (χ0) is 11.4. The number of benzene rings is 1. The molecule has 15 heavy (non-hydrogen) atoms. The topological polar surface area (TPSA) is 61.8 Å². The lowest BCUT2D eigenvalue weighted by molar-refractivity contribution is 0.360. The van der Waals surface area contributed by atoms with Gasteiger partial charge in [0, 0.05) is 12.1 Å². The summed E-state index contributed by atoms with van der Waals surface area (Å²) in [5.74, 6) is 0.897. The van der Waals surface area contributed by atoms with Gasteiger partial charge in [-0.3, -0.25) is 0 Å². The van der Waals surface area contributed by atoms with Crippen LogP contribution in [0.2, 0.25) is 0 Å². The summed E-state index contributed by atoms with van der Waals surface area (Å²) in [5.41, 5.74) is 0. The maximum atomic E-state index is 11.0. The normalized spacial score (nSPS) is 10.1. The molecule has 0 N–H and O–H groups in total. The Bertz CT molecular complexity index is 392. The summed E-state index contributed by atoms with van der Waals surface area (Å²) < 4.78 is 36.9. The molecule has 0 saturated heterocycles. The van der Waals surface area contributed by atoms with Gasteiger partial charge < -0.3 is 14.2 Å². The van der Waals surface area contributed by atoms with E-state index in [1.54, 1.807) is 0 Å². The van der Waals surface area contributed by atoms with Crippen LogP contribution in [0.5, 0.6) is 17.2 Å². The number of hydrogen-bond acceptors (Lipinski definition) is 5. The standard InChI is InChI=1S/C9H12O5S/c1-12-6-4-7(13-2)9(15(10)11)8(5-6)14-3/h4-5,15H,1-3H3. The van der Waals surface area contributed by atoms with Crippen LogP contribution in [0, 0.1) is 0 Å². The van der Waals surface area contributed by atoms with Gasteiger partial charge in [-0.2, -0.15) is 0 Å². The van der Waals surface area contributed by atoms with Crippen LogP contribution in [-0.4, -0.2) is 29.7 Å². The molecule has 84 valence electrons. The molecule has 0 heterocycles. The summed E-state index contributed by atoms with van der Waals surface area (Å²) in [6.45, 7) is 0. The monoisotopic (exact) mass is 232 g/mol. The minimum atomic E-state index is -2.77. The van der Waals surface area contributed by atoms with Crippen LogP contribution in [0.15, 0.2) is 17.0 Å². The van der Waals surface area contributed by atoms with E-state index in [4.69, 9.17) is 14.2 Å². The molecule has 0 spiro atoms. The van der Waals surface area contributed by atoms with E-state index in [1.165, 1.54) is 33.5 Å². The Kier molecular flexibility index (Phi) is 3.79. The molecule has 0 fully saturated rings. The number of methoxy groups -OCH3 is 3. The highest BCUT2D eigenvalue weighted by atomic mass is 32.2. The predicted octanol–water partition coefficient (Wildman–Crippen LogP) is 0.683. The molecule has 0 atom stereocenters. The van der Waals surface area contributed by atoms with E-state index in [9.17, 15) is 8.42 Å². The number of rotatable bonds is 4. The van der Waals surface area contributed by atoms with Crippen LogP contribution in [0.4, 0.5) is 0 Å². The Labute approximate surface area is 89.5 Å². The fraction of sp³-hybridized carbons (Fsp3) is 0.333. The number of ether oxygens (including phenoxy) is 3. The molecule has 0 bridgehead atoms. The third kappa shape index (κ3) is 2.33. The molecule has 0 aliphatic heterocycles. The van der Waals surface area contributed by atoms with Crippen molar-refractivity contribution in [2.45, 2.75) is 4.90 Å². The van der Waals surface area contributed by atoms with Crippen molar-refractivity contribution in [1.29, 1.82) is 0 Å². The molecular formula is C9H12O5S. The van der Waals surface area contributed by atoms with E-state index in [0.29, 0.717) is 5.75 Å². The highest BCUT2D eigenvalue weighted by Gasteiger charge is 2.15. The van der Waals surface area contributed by atoms with Crippen LogP contribution in [0.3, 0.4) is 0 Å². The second-order valence-electron chi connectivity index (χ2n) is 2.64. The summed E-state index contributed by atoms with van der Waals surface area (Å²) >= 11 is 0. The third-order valence-electron chi connectivity index (χ3n) is 1.87. The van der Waals surface area contributed by atoms with Crippen LogP contribution >= 0.6 is 0 Å². The van der Waals surface area contributed by atoms with Gasteiger partial charge in [0.25, 0.3) is 0 Å². The molecule has 5 nitrogen and oxygen atoms in total. The van der Waals surface area contributed by atoms with Crippen LogP contribution in [0.25, 0.3) is 0 Å². The average Bonchev–Trinajstić information content (AvgIpc) is 2.26. The van der Waals surface area contributed by atoms with Crippen LogP contribution < -0.4 is 14.2 Å². The molecule has 0 aromatic heterocycles. The Balaban J connectivity index is 3.46. The fourth-order valence-electron chi connectivity index (χ4n) is 1.17. The third-order valence-corrected chi connectivity index (χ3v) is 2.68. The van der Waals surface area contributed by atoms with Crippen molar-refractivity contribution in [2.75, 3.05) is 21.3 Å². The second-order valence-corrected chi connectivity index (χ2v) is 3.60. The van der Waals surface area contributed by atoms with Gasteiger partial charge in [0.1, 0.15) is 22.1 Å². The van der Waals surface area contributed by atoms with E-state index in [0.717, 1.165) is 0 Å². The Hall–Kier alpha value is -1.43.